The predicted octanol–water partition coefficient (Wildman–Crippen LogP) is 2.32. The van der Waals surface area contributed by atoms with Gasteiger partial charge in [0, 0.05) is 50.5 Å². The molecular formula is C24H21N7O4. The molecule has 2 aliphatic rings. The molecule has 35 heavy (non-hydrogen) atoms. The minimum atomic E-state index is -1.71. The van der Waals surface area contributed by atoms with E-state index in [-0.39, 0.29) is 12.2 Å². The van der Waals surface area contributed by atoms with Crippen molar-refractivity contribution in [1.82, 2.24) is 30.0 Å². The van der Waals surface area contributed by atoms with Crippen LogP contribution in [0, 0.1) is 0 Å². The van der Waals surface area contributed by atoms with Crippen molar-refractivity contribution < 1.29 is 19.2 Å². The topological polar surface area (TPSA) is 139 Å². The van der Waals surface area contributed by atoms with E-state index in [1.54, 1.807) is 37.6 Å². The van der Waals surface area contributed by atoms with E-state index in [1.165, 1.54) is 4.90 Å². The fraction of sp³-hybridized carbons (Fsp3) is 0.250. The van der Waals surface area contributed by atoms with Crippen LogP contribution < -0.4 is 10.1 Å². The van der Waals surface area contributed by atoms with Gasteiger partial charge in [0.1, 0.15) is 5.69 Å². The Labute approximate surface area is 199 Å². The van der Waals surface area contributed by atoms with Gasteiger partial charge in [-0.2, -0.15) is 0 Å². The molecule has 0 radical (unpaired) electrons. The first kappa shape index (κ1) is 21.2. The number of anilines is 2. The van der Waals surface area contributed by atoms with Gasteiger partial charge in [0.25, 0.3) is 5.91 Å². The molecule has 1 amide bonds. The highest BCUT2D eigenvalue weighted by Crippen LogP contribution is 2.35. The molecule has 6 rings (SSSR count). The summed E-state index contributed by atoms with van der Waals surface area (Å²) in [4.78, 5) is 31.7. The van der Waals surface area contributed by atoms with Crippen LogP contribution in [0.25, 0.3) is 22.8 Å². The van der Waals surface area contributed by atoms with Gasteiger partial charge >= 0.3 is 0 Å². The number of rotatable bonds is 5. The summed E-state index contributed by atoms with van der Waals surface area (Å²) in [5, 5.41) is 18.1. The summed E-state index contributed by atoms with van der Waals surface area (Å²) in [5.41, 5.74) is 2.30. The standard InChI is InChI=1S/C24H21N7O4/c1-31-11-8-24(33,22(31)32)20-13-19(30-35-20)17-4-2-3-16(27-17)18-6-10-26-23(29-18)28-15-5-9-25-21-14(15)7-12-34-21/h2-6,9-10,13,33H,7-8,11-12H2,1H3,(H,25,26,28,29)/t24-/m1/s1. The zero-order chi connectivity index (χ0) is 24.0. The first-order chi connectivity index (χ1) is 17.0. The van der Waals surface area contributed by atoms with Crippen LogP contribution in [0.2, 0.25) is 0 Å². The molecule has 0 spiro atoms. The minimum absolute atomic E-state index is 0.108. The molecule has 1 atom stereocenters. The van der Waals surface area contributed by atoms with E-state index in [1.807, 2.05) is 18.2 Å². The maximum atomic E-state index is 12.4. The summed E-state index contributed by atoms with van der Waals surface area (Å²) >= 11 is 0. The smallest absolute Gasteiger partial charge is 0.262 e. The number of aliphatic hydroxyl groups is 1. The lowest BCUT2D eigenvalue weighted by Crippen LogP contribution is -2.35. The number of carbonyl (C=O) groups excluding carboxylic acids is 1. The summed E-state index contributed by atoms with van der Waals surface area (Å²) in [6.45, 7) is 1.04. The molecule has 0 aliphatic carbocycles. The average Bonchev–Trinajstić information content (AvgIpc) is 3.62. The first-order valence-electron chi connectivity index (χ1n) is 11.1. The maximum Gasteiger partial charge on any atom is 0.262 e. The van der Waals surface area contributed by atoms with E-state index in [2.05, 4.69) is 30.4 Å². The van der Waals surface area contributed by atoms with Crippen molar-refractivity contribution in [1.29, 1.82) is 0 Å². The highest BCUT2D eigenvalue weighted by atomic mass is 16.5. The lowest BCUT2D eigenvalue weighted by Gasteiger charge is -2.16. The number of amides is 1. The maximum absolute atomic E-state index is 12.4. The highest BCUT2D eigenvalue weighted by molar-refractivity contribution is 5.87. The van der Waals surface area contributed by atoms with E-state index in [4.69, 9.17) is 9.26 Å². The van der Waals surface area contributed by atoms with Crippen molar-refractivity contribution in [2.24, 2.45) is 0 Å². The number of nitrogens with zero attached hydrogens (tertiary/aromatic N) is 6. The van der Waals surface area contributed by atoms with Crippen molar-refractivity contribution in [3.05, 3.63) is 60.1 Å². The van der Waals surface area contributed by atoms with Gasteiger partial charge in [0.05, 0.1) is 29.4 Å². The normalized spacial score (nSPS) is 19.0. The molecule has 4 aromatic rings. The molecule has 11 nitrogen and oxygen atoms in total. The van der Waals surface area contributed by atoms with Gasteiger partial charge in [-0.05, 0) is 24.3 Å². The van der Waals surface area contributed by atoms with Crippen LogP contribution in [0.1, 0.15) is 17.7 Å². The molecule has 2 aliphatic heterocycles. The Balaban J connectivity index is 1.27. The van der Waals surface area contributed by atoms with E-state index < -0.39 is 11.5 Å². The molecule has 0 bridgehead atoms. The molecular weight excluding hydrogens is 450 g/mol. The van der Waals surface area contributed by atoms with E-state index in [9.17, 15) is 9.90 Å². The number of hydrogen-bond acceptors (Lipinski definition) is 10. The molecule has 0 aromatic carbocycles. The number of aromatic nitrogens is 5. The highest BCUT2D eigenvalue weighted by Gasteiger charge is 2.48. The van der Waals surface area contributed by atoms with Crippen molar-refractivity contribution in [3.8, 4) is 28.7 Å². The SMILES string of the molecule is CN1CC[C@@](O)(c2cc(-c3cccc(-c4ccnc(Nc5ccnc6c5CCO6)n4)n3)no2)C1=O. The summed E-state index contributed by atoms with van der Waals surface area (Å²) in [5.74, 6) is 0.749. The molecule has 176 valence electrons. The van der Waals surface area contributed by atoms with Crippen LogP contribution in [0.15, 0.2) is 53.3 Å². The van der Waals surface area contributed by atoms with Crippen LogP contribution in [-0.2, 0) is 16.8 Å². The van der Waals surface area contributed by atoms with E-state index in [0.717, 1.165) is 17.7 Å². The molecule has 0 unspecified atom stereocenters. The Morgan fingerprint density at radius 1 is 1.06 bits per heavy atom. The zero-order valence-electron chi connectivity index (χ0n) is 18.8. The minimum Gasteiger partial charge on any atom is -0.477 e. The van der Waals surface area contributed by atoms with E-state index in [0.29, 0.717) is 47.8 Å². The number of likely N-dealkylation sites (N-methyl/N-ethyl adjacent to an activating group) is 1. The molecule has 1 saturated heterocycles. The van der Waals surface area contributed by atoms with Crippen molar-refractivity contribution in [3.63, 3.8) is 0 Å². The number of carbonyl (C=O) groups is 1. The molecule has 11 heteroatoms. The van der Waals surface area contributed by atoms with Crippen LogP contribution in [0.5, 0.6) is 5.88 Å². The van der Waals surface area contributed by atoms with Crippen molar-refractivity contribution in [2.45, 2.75) is 18.4 Å². The lowest BCUT2D eigenvalue weighted by atomic mass is 9.98. The van der Waals surface area contributed by atoms with Gasteiger partial charge in [-0.1, -0.05) is 11.2 Å². The number of pyridine rings is 2. The lowest BCUT2D eigenvalue weighted by molar-refractivity contribution is -0.144. The second-order valence-electron chi connectivity index (χ2n) is 8.45. The van der Waals surface area contributed by atoms with Crippen LogP contribution in [0.4, 0.5) is 11.6 Å². The Kier molecular flexibility index (Phi) is 4.92. The van der Waals surface area contributed by atoms with Gasteiger partial charge in [0.15, 0.2) is 5.76 Å². The Bertz CT molecular complexity index is 1440. The zero-order valence-corrected chi connectivity index (χ0v) is 18.8. The Hall–Kier alpha value is -4.38. The number of nitrogens with one attached hydrogen (secondary N) is 1. The Morgan fingerprint density at radius 3 is 2.69 bits per heavy atom. The van der Waals surface area contributed by atoms with Gasteiger partial charge in [0.2, 0.25) is 17.4 Å². The average molecular weight is 471 g/mol. The van der Waals surface area contributed by atoms with Crippen molar-refractivity contribution in [2.75, 3.05) is 25.5 Å². The van der Waals surface area contributed by atoms with Crippen LogP contribution in [0.3, 0.4) is 0 Å². The summed E-state index contributed by atoms with van der Waals surface area (Å²) in [7, 11) is 1.64. The summed E-state index contributed by atoms with van der Waals surface area (Å²) in [6.07, 6.45) is 4.35. The number of likely N-dealkylation sites (tertiary alicyclic amines) is 1. The third kappa shape index (κ3) is 3.66. The quantitative estimate of drug-likeness (QED) is 0.446. The first-order valence-corrected chi connectivity index (χ1v) is 11.1. The third-order valence-corrected chi connectivity index (χ3v) is 6.21. The summed E-state index contributed by atoms with van der Waals surface area (Å²) < 4.78 is 10.9. The Morgan fingerprint density at radius 2 is 1.86 bits per heavy atom. The van der Waals surface area contributed by atoms with Gasteiger partial charge in [-0.3, -0.25) is 4.79 Å². The second-order valence-corrected chi connectivity index (χ2v) is 8.45. The molecule has 4 aromatic heterocycles. The number of ether oxygens (including phenoxy) is 1. The number of hydrogen-bond donors (Lipinski definition) is 2. The van der Waals surface area contributed by atoms with Crippen LogP contribution in [-0.4, -0.2) is 61.2 Å². The fourth-order valence-electron chi connectivity index (χ4n) is 4.28. The molecule has 0 saturated carbocycles. The molecule has 2 N–H and O–H groups in total. The largest absolute Gasteiger partial charge is 0.477 e. The van der Waals surface area contributed by atoms with Gasteiger partial charge < -0.3 is 24.6 Å². The monoisotopic (exact) mass is 471 g/mol. The fourth-order valence-corrected chi connectivity index (χ4v) is 4.28. The van der Waals surface area contributed by atoms with Gasteiger partial charge in [-0.15, -0.1) is 0 Å². The van der Waals surface area contributed by atoms with Gasteiger partial charge in [-0.25, -0.2) is 19.9 Å². The second kappa shape index (κ2) is 8.13. The molecule has 6 heterocycles. The number of fused-ring (bicyclic) bond motifs is 1. The van der Waals surface area contributed by atoms with Crippen molar-refractivity contribution >= 4 is 17.5 Å². The van der Waals surface area contributed by atoms with E-state index >= 15 is 0 Å². The third-order valence-electron chi connectivity index (χ3n) is 6.21. The van der Waals surface area contributed by atoms with Crippen LogP contribution >= 0.6 is 0 Å². The molecule has 1 fully saturated rings. The predicted molar refractivity (Wildman–Crippen MR) is 124 cm³/mol. The summed E-state index contributed by atoms with van der Waals surface area (Å²) in [6, 6.07) is 10.6.